The van der Waals surface area contributed by atoms with Crippen LogP contribution in [0.1, 0.15) is 43.5 Å². The van der Waals surface area contributed by atoms with Crippen molar-refractivity contribution in [1.82, 2.24) is 4.57 Å². The number of rotatable bonds is 4. The van der Waals surface area contributed by atoms with E-state index < -0.39 is 0 Å². The molecule has 0 bridgehead atoms. The molecule has 1 aromatic heterocycles. The first-order valence-electron chi connectivity index (χ1n) is 6.44. The molecule has 0 aliphatic carbocycles. The fourth-order valence-corrected chi connectivity index (χ4v) is 2.38. The van der Waals surface area contributed by atoms with Crippen molar-refractivity contribution in [2.24, 2.45) is 0 Å². The van der Waals surface area contributed by atoms with Crippen molar-refractivity contribution in [1.29, 1.82) is 0 Å². The molecule has 0 amide bonds. The molecule has 0 saturated heterocycles. The lowest BCUT2D eigenvalue weighted by Crippen LogP contribution is -2.04. The quantitative estimate of drug-likeness (QED) is 0.737. The summed E-state index contributed by atoms with van der Waals surface area (Å²) in [6.07, 6.45) is 3.33. The first-order valence-corrected chi connectivity index (χ1v) is 6.44. The van der Waals surface area contributed by atoms with E-state index in [2.05, 4.69) is 67.9 Å². The number of hydrogen-bond donors (Lipinski definition) is 0. The van der Waals surface area contributed by atoms with E-state index in [0.717, 1.165) is 13.0 Å². The van der Waals surface area contributed by atoms with E-state index in [0.29, 0.717) is 5.92 Å². The Morgan fingerprint density at radius 2 is 1.76 bits per heavy atom. The van der Waals surface area contributed by atoms with Gasteiger partial charge in [0.05, 0.1) is 0 Å². The molecule has 0 aliphatic rings. The fourth-order valence-electron chi connectivity index (χ4n) is 2.38. The van der Waals surface area contributed by atoms with Crippen LogP contribution in [-0.4, -0.2) is 4.57 Å². The molecule has 0 fully saturated rings. The Labute approximate surface area is 104 Å². The van der Waals surface area contributed by atoms with Gasteiger partial charge in [-0.1, -0.05) is 51.1 Å². The highest BCUT2D eigenvalue weighted by Crippen LogP contribution is 2.22. The Bertz CT molecular complexity index is 466. The summed E-state index contributed by atoms with van der Waals surface area (Å²) in [6.45, 7) is 7.75. The molecular formula is C16H21N. The van der Waals surface area contributed by atoms with Crippen molar-refractivity contribution in [3.8, 4) is 0 Å². The van der Waals surface area contributed by atoms with Gasteiger partial charge >= 0.3 is 0 Å². The van der Waals surface area contributed by atoms with Gasteiger partial charge in [0.1, 0.15) is 0 Å². The summed E-state index contributed by atoms with van der Waals surface area (Å²) in [5, 5.41) is 0. The summed E-state index contributed by atoms with van der Waals surface area (Å²) in [7, 11) is 0. The van der Waals surface area contributed by atoms with Gasteiger partial charge < -0.3 is 4.57 Å². The molecule has 1 heterocycles. The minimum absolute atomic E-state index is 0.613. The number of hydrogen-bond acceptors (Lipinski definition) is 0. The number of aromatic nitrogens is 1. The van der Waals surface area contributed by atoms with Crippen LogP contribution >= 0.6 is 0 Å². The van der Waals surface area contributed by atoms with Crippen LogP contribution in [0.3, 0.4) is 0 Å². The molecule has 90 valence electrons. The molecule has 2 rings (SSSR count). The van der Waals surface area contributed by atoms with Crippen LogP contribution < -0.4 is 0 Å². The van der Waals surface area contributed by atoms with Gasteiger partial charge in [0.25, 0.3) is 0 Å². The number of nitrogens with zero attached hydrogens (tertiary/aromatic N) is 1. The fraction of sp³-hybridized carbons (Fsp3) is 0.375. The monoisotopic (exact) mass is 227 g/mol. The van der Waals surface area contributed by atoms with Crippen LogP contribution in [0.2, 0.25) is 0 Å². The molecule has 0 radical (unpaired) electrons. The Morgan fingerprint density at radius 3 is 2.35 bits per heavy atom. The highest BCUT2D eigenvalue weighted by Gasteiger charge is 2.10. The van der Waals surface area contributed by atoms with Crippen LogP contribution in [-0.2, 0) is 13.0 Å². The SMILES string of the molecule is CCc1c(C(C)C)ccn1Cc1ccccc1. The molecule has 0 N–H and O–H groups in total. The second-order valence-electron chi connectivity index (χ2n) is 4.84. The molecule has 0 saturated carbocycles. The van der Waals surface area contributed by atoms with Crippen LogP contribution in [0, 0.1) is 0 Å². The molecule has 1 heteroatoms. The van der Waals surface area contributed by atoms with Crippen molar-refractivity contribution in [3.63, 3.8) is 0 Å². The van der Waals surface area contributed by atoms with Crippen molar-refractivity contribution in [2.75, 3.05) is 0 Å². The van der Waals surface area contributed by atoms with Gasteiger partial charge in [0, 0.05) is 18.4 Å². The molecule has 1 aromatic carbocycles. The third-order valence-electron chi connectivity index (χ3n) is 3.27. The summed E-state index contributed by atoms with van der Waals surface area (Å²) in [6, 6.07) is 12.9. The maximum Gasteiger partial charge on any atom is 0.0472 e. The van der Waals surface area contributed by atoms with Crippen LogP contribution in [0.4, 0.5) is 0 Å². The van der Waals surface area contributed by atoms with E-state index in [1.165, 1.54) is 16.8 Å². The highest BCUT2D eigenvalue weighted by molar-refractivity contribution is 5.27. The molecular weight excluding hydrogens is 206 g/mol. The summed E-state index contributed by atoms with van der Waals surface area (Å²) in [5.41, 5.74) is 4.33. The van der Waals surface area contributed by atoms with E-state index in [1.54, 1.807) is 0 Å². The van der Waals surface area contributed by atoms with Crippen molar-refractivity contribution >= 4 is 0 Å². The topological polar surface area (TPSA) is 4.93 Å². The van der Waals surface area contributed by atoms with Gasteiger partial charge in [0.15, 0.2) is 0 Å². The van der Waals surface area contributed by atoms with Crippen molar-refractivity contribution in [3.05, 3.63) is 59.4 Å². The molecule has 0 unspecified atom stereocenters. The van der Waals surface area contributed by atoms with Gasteiger partial charge in [-0.15, -0.1) is 0 Å². The molecule has 0 atom stereocenters. The van der Waals surface area contributed by atoms with Gasteiger partial charge in [0.2, 0.25) is 0 Å². The Hall–Kier alpha value is -1.50. The summed E-state index contributed by atoms with van der Waals surface area (Å²) >= 11 is 0. The van der Waals surface area contributed by atoms with Crippen LogP contribution in [0.25, 0.3) is 0 Å². The summed E-state index contributed by atoms with van der Waals surface area (Å²) in [5.74, 6) is 0.613. The third kappa shape index (κ3) is 2.60. The average molecular weight is 227 g/mol. The standard InChI is InChI=1S/C16H21N/c1-4-16-15(13(2)3)10-11-17(16)12-14-8-6-5-7-9-14/h5-11,13H,4,12H2,1-3H3. The molecule has 0 aliphatic heterocycles. The molecule has 1 nitrogen and oxygen atoms in total. The van der Waals surface area contributed by atoms with Gasteiger partial charge in [-0.05, 0) is 29.5 Å². The third-order valence-corrected chi connectivity index (χ3v) is 3.27. The second-order valence-corrected chi connectivity index (χ2v) is 4.84. The lowest BCUT2D eigenvalue weighted by Gasteiger charge is -2.11. The second kappa shape index (κ2) is 5.22. The number of benzene rings is 1. The van der Waals surface area contributed by atoms with E-state index in [4.69, 9.17) is 0 Å². The van der Waals surface area contributed by atoms with Gasteiger partial charge in [-0.25, -0.2) is 0 Å². The maximum absolute atomic E-state index is 2.38. The van der Waals surface area contributed by atoms with Crippen LogP contribution in [0.15, 0.2) is 42.6 Å². The van der Waals surface area contributed by atoms with E-state index in [9.17, 15) is 0 Å². The zero-order valence-corrected chi connectivity index (χ0v) is 11.0. The van der Waals surface area contributed by atoms with Crippen molar-refractivity contribution < 1.29 is 0 Å². The zero-order chi connectivity index (χ0) is 12.3. The van der Waals surface area contributed by atoms with E-state index in [1.807, 2.05) is 0 Å². The minimum atomic E-state index is 0.613. The largest absolute Gasteiger partial charge is 0.347 e. The summed E-state index contributed by atoms with van der Waals surface area (Å²) < 4.78 is 2.38. The average Bonchev–Trinajstić information content (AvgIpc) is 2.73. The van der Waals surface area contributed by atoms with E-state index >= 15 is 0 Å². The lowest BCUT2D eigenvalue weighted by molar-refractivity contribution is 0.729. The van der Waals surface area contributed by atoms with Gasteiger partial charge in [-0.3, -0.25) is 0 Å². The first kappa shape index (κ1) is 12.0. The molecule has 17 heavy (non-hydrogen) atoms. The predicted molar refractivity (Wildman–Crippen MR) is 73.4 cm³/mol. The highest BCUT2D eigenvalue weighted by atomic mass is 15.0. The molecule has 0 spiro atoms. The first-order chi connectivity index (χ1) is 8.22. The zero-order valence-electron chi connectivity index (χ0n) is 11.0. The maximum atomic E-state index is 2.38. The Kier molecular flexibility index (Phi) is 3.68. The Balaban J connectivity index is 2.28. The smallest absolute Gasteiger partial charge is 0.0472 e. The Morgan fingerprint density at radius 1 is 1.06 bits per heavy atom. The van der Waals surface area contributed by atoms with Crippen LogP contribution in [0.5, 0.6) is 0 Å². The van der Waals surface area contributed by atoms with Gasteiger partial charge in [-0.2, -0.15) is 0 Å². The summed E-state index contributed by atoms with van der Waals surface area (Å²) in [4.78, 5) is 0. The minimum Gasteiger partial charge on any atom is -0.347 e. The lowest BCUT2D eigenvalue weighted by atomic mass is 10.0. The van der Waals surface area contributed by atoms with Crippen molar-refractivity contribution in [2.45, 2.75) is 39.7 Å². The van der Waals surface area contributed by atoms with E-state index in [-0.39, 0.29) is 0 Å². The predicted octanol–water partition coefficient (Wildman–Crippen LogP) is 4.22. The normalized spacial score (nSPS) is 11.1. The molecule has 2 aromatic rings.